The highest BCUT2D eigenvalue weighted by atomic mass is 19.4. The summed E-state index contributed by atoms with van der Waals surface area (Å²) in [7, 11) is 0. The van der Waals surface area contributed by atoms with Crippen LogP contribution in [0.15, 0.2) is 60.7 Å². The van der Waals surface area contributed by atoms with Gasteiger partial charge in [0.15, 0.2) is 5.82 Å². The summed E-state index contributed by atoms with van der Waals surface area (Å²) in [5, 5.41) is 10.7. The lowest BCUT2D eigenvalue weighted by atomic mass is 9.51. The third kappa shape index (κ3) is 5.40. The predicted molar refractivity (Wildman–Crippen MR) is 148 cm³/mol. The van der Waals surface area contributed by atoms with Crippen LogP contribution in [0.3, 0.4) is 0 Å². The molecule has 2 aromatic carbocycles. The molecule has 42 heavy (non-hydrogen) atoms. The highest BCUT2D eigenvalue weighted by Crippen LogP contribution is 2.59. The summed E-state index contributed by atoms with van der Waals surface area (Å²) in [6.07, 6.45) is -3.98. The van der Waals surface area contributed by atoms with Gasteiger partial charge in [-0.2, -0.15) is 18.3 Å². The number of hydrogen-bond donors (Lipinski definition) is 3. The number of hydrogen-bond acceptors (Lipinski definition) is 5. The Morgan fingerprint density at radius 2 is 1.50 bits per heavy atom. The van der Waals surface area contributed by atoms with Gasteiger partial charge in [0.2, 0.25) is 17.7 Å². The number of nitrogens with one attached hydrogen (secondary N) is 3. The van der Waals surface area contributed by atoms with Gasteiger partial charge in [-0.1, -0.05) is 63.2 Å². The number of carbonyl (C=O) groups excluding carboxylic acids is 4. The molecule has 3 N–H and O–H groups in total. The van der Waals surface area contributed by atoms with E-state index in [1.165, 1.54) is 0 Å². The molecule has 1 aliphatic heterocycles. The van der Waals surface area contributed by atoms with Gasteiger partial charge < -0.3 is 10.6 Å². The van der Waals surface area contributed by atoms with Crippen LogP contribution in [0.4, 0.5) is 30.5 Å². The molecule has 9 nitrogen and oxygen atoms in total. The van der Waals surface area contributed by atoms with Crippen LogP contribution in [-0.4, -0.2) is 40.0 Å². The fraction of sp³-hybridized carbons (Fsp3) is 0.367. The van der Waals surface area contributed by atoms with Gasteiger partial charge in [0.25, 0.3) is 0 Å². The van der Waals surface area contributed by atoms with Gasteiger partial charge in [-0.3, -0.25) is 24.3 Å². The summed E-state index contributed by atoms with van der Waals surface area (Å²) < 4.78 is 38.0. The number of H-pyrrole nitrogens is 1. The molecule has 220 valence electrons. The molecule has 1 aliphatic carbocycles. The van der Waals surface area contributed by atoms with Gasteiger partial charge in [-0.05, 0) is 48.9 Å². The van der Waals surface area contributed by atoms with Crippen LogP contribution in [0.2, 0.25) is 0 Å². The highest BCUT2D eigenvalue weighted by Gasteiger charge is 2.64. The monoisotopic (exact) mass is 581 g/mol. The number of imide groups is 1. The Balaban J connectivity index is 1.35. The SMILES string of the molecule is CC1(C(=O)Nc2cccc(Cc3ccccc3)c2)C[C@@]2(C)C[C@@](C)(C1)C(=O)N(c1cc(NC(=O)C(F)(F)F)[nH]n1)C2=O. The van der Waals surface area contributed by atoms with Crippen molar-refractivity contribution in [3.8, 4) is 0 Å². The Morgan fingerprint density at radius 3 is 2.12 bits per heavy atom. The van der Waals surface area contributed by atoms with Crippen molar-refractivity contribution in [3.63, 3.8) is 0 Å². The second kappa shape index (κ2) is 10.1. The number of piperidine rings is 1. The average Bonchev–Trinajstić information content (AvgIpc) is 3.35. The zero-order valence-corrected chi connectivity index (χ0v) is 23.3. The normalized spacial score (nSPS) is 25.7. The summed E-state index contributed by atoms with van der Waals surface area (Å²) in [4.78, 5) is 53.4. The minimum absolute atomic E-state index is 0.135. The van der Waals surface area contributed by atoms with Crippen molar-refractivity contribution >= 4 is 41.0 Å². The van der Waals surface area contributed by atoms with E-state index in [4.69, 9.17) is 0 Å². The molecule has 3 aromatic rings. The highest BCUT2D eigenvalue weighted by molar-refractivity contribution is 6.20. The van der Waals surface area contributed by atoms with E-state index >= 15 is 0 Å². The molecule has 0 spiro atoms. The van der Waals surface area contributed by atoms with Crippen LogP contribution in [0.1, 0.15) is 51.2 Å². The van der Waals surface area contributed by atoms with Gasteiger partial charge in [-0.25, -0.2) is 4.90 Å². The molecule has 4 amide bonds. The molecule has 1 unspecified atom stereocenters. The summed E-state index contributed by atoms with van der Waals surface area (Å²) in [6.45, 7) is 5.09. The lowest BCUT2D eigenvalue weighted by Crippen LogP contribution is -2.65. The van der Waals surface area contributed by atoms with Crippen molar-refractivity contribution in [3.05, 3.63) is 71.8 Å². The standard InChI is InChI=1S/C30H30F3N5O4/c1-27(23(39)34-20-11-7-10-19(13-20)12-18-8-5-4-6-9-18)15-28(2)17-29(3,16-27)26(42)38(25(28)41)22-14-21(36-37-22)35-24(40)30(31,32)33/h4-11,13-14H,12,15-17H2,1-3H3,(H,34,39)(H2,35,36,37,40)/t27?,28-,29+. The van der Waals surface area contributed by atoms with E-state index in [1.54, 1.807) is 32.2 Å². The Hall–Kier alpha value is -4.48. The molecule has 1 aromatic heterocycles. The molecule has 1 saturated heterocycles. The van der Waals surface area contributed by atoms with Gasteiger partial charge in [0.1, 0.15) is 5.82 Å². The van der Waals surface area contributed by atoms with Crippen molar-refractivity contribution in [1.82, 2.24) is 10.2 Å². The number of aromatic nitrogens is 2. The summed E-state index contributed by atoms with van der Waals surface area (Å²) in [5.74, 6) is -4.43. The second-order valence-electron chi connectivity index (χ2n) is 12.1. The van der Waals surface area contributed by atoms with E-state index in [0.717, 1.165) is 22.1 Å². The molecule has 2 bridgehead atoms. The number of carbonyl (C=O) groups is 4. The summed E-state index contributed by atoms with van der Waals surface area (Å²) in [5.41, 5.74) is -0.625. The molecule has 0 radical (unpaired) electrons. The first-order valence-corrected chi connectivity index (χ1v) is 13.4. The van der Waals surface area contributed by atoms with E-state index in [0.29, 0.717) is 12.1 Å². The minimum Gasteiger partial charge on any atom is -0.326 e. The van der Waals surface area contributed by atoms with Crippen LogP contribution >= 0.6 is 0 Å². The molecule has 2 heterocycles. The Bertz CT molecular complexity index is 1540. The van der Waals surface area contributed by atoms with E-state index in [9.17, 15) is 32.3 Å². The van der Waals surface area contributed by atoms with E-state index in [1.807, 2.05) is 48.5 Å². The molecule has 2 fully saturated rings. The van der Waals surface area contributed by atoms with Crippen LogP contribution < -0.4 is 15.5 Å². The Kier molecular flexibility index (Phi) is 6.99. The van der Waals surface area contributed by atoms with Crippen molar-refractivity contribution in [1.29, 1.82) is 0 Å². The maximum absolute atomic E-state index is 13.7. The van der Waals surface area contributed by atoms with Crippen molar-refractivity contribution in [2.24, 2.45) is 16.2 Å². The van der Waals surface area contributed by atoms with Crippen molar-refractivity contribution < 1.29 is 32.3 Å². The lowest BCUT2D eigenvalue weighted by Gasteiger charge is -2.55. The quantitative estimate of drug-likeness (QED) is 0.345. The molecule has 1 saturated carbocycles. The zero-order valence-electron chi connectivity index (χ0n) is 23.3. The van der Waals surface area contributed by atoms with Crippen LogP contribution in [0.25, 0.3) is 0 Å². The largest absolute Gasteiger partial charge is 0.471 e. The molecular formula is C30H30F3N5O4. The first-order valence-electron chi connectivity index (χ1n) is 13.4. The number of benzene rings is 2. The first kappa shape index (κ1) is 29.0. The van der Waals surface area contributed by atoms with Gasteiger partial charge in [0.05, 0.1) is 0 Å². The lowest BCUT2D eigenvalue weighted by molar-refractivity contribution is -0.167. The minimum atomic E-state index is -5.13. The fourth-order valence-corrected chi connectivity index (χ4v) is 6.63. The number of anilines is 3. The number of alkyl halides is 3. The predicted octanol–water partition coefficient (Wildman–Crippen LogP) is 5.22. The molecular weight excluding hydrogens is 551 g/mol. The number of fused-ring (bicyclic) bond motifs is 2. The van der Waals surface area contributed by atoms with Crippen molar-refractivity contribution in [2.75, 3.05) is 15.5 Å². The zero-order chi connectivity index (χ0) is 30.5. The third-order valence-electron chi connectivity index (χ3n) is 8.06. The van der Waals surface area contributed by atoms with Gasteiger partial charge in [0, 0.05) is 28.0 Å². The third-order valence-corrected chi connectivity index (χ3v) is 8.06. The van der Waals surface area contributed by atoms with Gasteiger partial charge in [-0.15, -0.1) is 0 Å². The van der Waals surface area contributed by atoms with Crippen LogP contribution in [0.5, 0.6) is 0 Å². The number of nitrogens with zero attached hydrogens (tertiary/aromatic N) is 2. The topological polar surface area (TPSA) is 124 Å². The number of rotatable bonds is 6. The summed E-state index contributed by atoms with van der Waals surface area (Å²) >= 11 is 0. The molecule has 2 aliphatic rings. The number of aromatic amines is 1. The number of halogens is 3. The van der Waals surface area contributed by atoms with E-state index in [-0.39, 0.29) is 31.0 Å². The van der Waals surface area contributed by atoms with Crippen LogP contribution in [-0.2, 0) is 25.6 Å². The second-order valence-corrected chi connectivity index (χ2v) is 12.1. The van der Waals surface area contributed by atoms with E-state index in [2.05, 4.69) is 15.5 Å². The average molecular weight is 582 g/mol. The molecule has 12 heteroatoms. The maximum Gasteiger partial charge on any atom is 0.471 e. The Labute approximate surface area is 239 Å². The smallest absolute Gasteiger partial charge is 0.326 e. The summed E-state index contributed by atoms with van der Waals surface area (Å²) in [6, 6.07) is 18.4. The molecule has 5 rings (SSSR count). The number of amides is 4. The maximum atomic E-state index is 13.7. The van der Waals surface area contributed by atoms with Crippen molar-refractivity contribution in [2.45, 2.75) is 52.6 Å². The van der Waals surface area contributed by atoms with E-state index < -0.39 is 46.0 Å². The molecule has 3 atom stereocenters. The fourth-order valence-electron chi connectivity index (χ4n) is 6.63. The van der Waals surface area contributed by atoms with Gasteiger partial charge >= 0.3 is 12.1 Å². The first-order chi connectivity index (χ1) is 19.6. The van der Waals surface area contributed by atoms with Crippen LogP contribution in [0, 0.1) is 16.2 Å². The Morgan fingerprint density at radius 1 is 0.881 bits per heavy atom.